The van der Waals surface area contributed by atoms with Gasteiger partial charge in [0, 0.05) is 5.92 Å². The number of anilines is 1. The molecule has 128 valence electrons. The molecule has 2 aliphatic heterocycles. The lowest BCUT2D eigenvalue weighted by molar-refractivity contribution is -0.203. The molecule has 4 N–H and O–H groups in total. The van der Waals surface area contributed by atoms with Crippen molar-refractivity contribution < 1.29 is 14.2 Å². The molecule has 1 saturated carbocycles. The molecule has 0 amide bonds. The zero-order valence-electron chi connectivity index (χ0n) is 13.5. The zero-order chi connectivity index (χ0) is 16.7. The first-order valence-corrected chi connectivity index (χ1v) is 8.12. The molecule has 9 heteroatoms. The Bertz CT molecular complexity index is 823. The van der Waals surface area contributed by atoms with Gasteiger partial charge in [0.05, 0.1) is 6.33 Å². The van der Waals surface area contributed by atoms with E-state index >= 15 is 0 Å². The highest BCUT2D eigenvalue weighted by molar-refractivity contribution is 5.81. The van der Waals surface area contributed by atoms with Gasteiger partial charge in [-0.2, -0.15) is 0 Å². The molecule has 2 aromatic heterocycles. The molecule has 24 heavy (non-hydrogen) atoms. The van der Waals surface area contributed by atoms with E-state index in [4.69, 9.17) is 25.7 Å². The fraction of sp³-hybridized carbons (Fsp3) is 0.667. The molecule has 0 radical (unpaired) electrons. The predicted molar refractivity (Wildman–Crippen MR) is 83.6 cm³/mol. The number of nitrogen functional groups attached to an aromatic ring is 1. The van der Waals surface area contributed by atoms with Crippen LogP contribution in [0.15, 0.2) is 12.7 Å². The molecule has 4 heterocycles. The van der Waals surface area contributed by atoms with E-state index in [1.807, 2.05) is 18.4 Å². The van der Waals surface area contributed by atoms with Crippen LogP contribution in [0.1, 0.15) is 26.5 Å². The number of rotatable bonds is 2. The molecule has 2 saturated heterocycles. The van der Waals surface area contributed by atoms with Gasteiger partial charge in [-0.3, -0.25) is 4.57 Å². The molecule has 1 unspecified atom stereocenters. The van der Waals surface area contributed by atoms with E-state index in [0.717, 1.165) is 6.42 Å². The van der Waals surface area contributed by atoms with Crippen LogP contribution >= 0.6 is 0 Å². The maximum absolute atomic E-state index is 6.41. The van der Waals surface area contributed by atoms with E-state index < -0.39 is 5.79 Å². The van der Waals surface area contributed by atoms with Gasteiger partial charge in [-0.1, -0.05) is 0 Å². The van der Waals surface area contributed by atoms with Gasteiger partial charge in [-0.25, -0.2) is 15.0 Å². The monoisotopic (exact) mass is 332 g/mol. The van der Waals surface area contributed by atoms with Gasteiger partial charge < -0.3 is 25.7 Å². The molecule has 5 atom stereocenters. The summed E-state index contributed by atoms with van der Waals surface area (Å²) in [6.45, 7) is 4.41. The van der Waals surface area contributed by atoms with Gasteiger partial charge in [-0.15, -0.1) is 0 Å². The van der Waals surface area contributed by atoms with Gasteiger partial charge in [0.2, 0.25) is 0 Å². The topological polar surface area (TPSA) is 123 Å². The lowest BCUT2D eigenvalue weighted by atomic mass is 10.1. The number of hydrogen-bond acceptors (Lipinski definition) is 8. The number of fused-ring (bicyclic) bond motifs is 3. The van der Waals surface area contributed by atoms with Crippen LogP contribution in [-0.2, 0) is 14.2 Å². The van der Waals surface area contributed by atoms with Crippen LogP contribution in [-0.4, -0.2) is 49.7 Å². The van der Waals surface area contributed by atoms with Crippen LogP contribution in [0, 0.1) is 5.92 Å². The Hall–Kier alpha value is -1.81. The summed E-state index contributed by atoms with van der Waals surface area (Å²) in [5.41, 5.74) is 12.6. The summed E-state index contributed by atoms with van der Waals surface area (Å²) >= 11 is 0. The van der Waals surface area contributed by atoms with Gasteiger partial charge >= 0.3 is 0 Å². The summed E-state index contributed by atoms with van der Waals surface area (Å²) in [6, 6.07) is 0. The number of nitrogens with zero attached hydrogens (tertiary/aromatic N) is 4. The second-order valence-corrected chi connectivity index (χ2v) is 7.20. The first-order chi connectivity index (χ1) is 11.5. The third-order valence-corrected chi connectivity index (χ3v) is 5.27. The van der Waals surface area contributed by atoms with Gasteiger partial charge in [-0.05, 0) is 26.8 Å². The third-order valence-electron chi connectivity index (χ3n) is 5.27. The summed E-state index contributed by atoms with van der Waals surface area (Å²) in [7, 11) is 0. The van der Waals surface area contributed by atoms with E-state index in [2.05, 4.69) is 15.0 Å². The Morgan fingerprint density at radius 2 is 2.08 bits per heavy atom. The average molecular weight is 332 g/mol. The quantitative estimate of drug-likeness (QED) is 0.798. The molecular weight excluding hydrogens is 312 g/mol. The summed E-state index contributed by atoms with van der Waals surface area (Å²) in [5.74, 6) is -0.0311. The number of hydrogen-bond donors (Lipinski definition) is 2. The third kappa shape index (κ3) is 1.75. The molecule has 9 nitrogen and oxygen atoms in total. The molecule has 3 fully saturated rings. The summed E-state index contributed by atoms with van der Waals surface area (Å²) < 4.78 is 20.6. The van der Waals surface area contributed by atoms with E-state index in [0.29, 0.717) is 23.5 Å². The van der Waals surface area contributed by atoms with Crippen molar-refractivity contribution in [2.24, 2.45) is 11.7 Å². The maximum Gasteiger partial charge on any atom is 0.167 e. The number of aromatic nitrogens is 4. The minimum Gasteiger partial charge on any atom is -0.382 e. The highest BCUT2D eigenvalue weighted by Gasteiger charge is 2.73. The molecule has 0 aromatic carbocycles. The minimum atomic E-state index is -0.656. The Morgan fingerprint density at radius 3 is 2.83 bits per heavy atom. The van der Waals surface area contributed by atoms with Crippen LogP contribution in [0.3, 0.4) is 0 Å². The first kappa shape index (κ1) is 14.5. The Labute approximate surface area is 138 Å². The average Bonchev–Trinajstić information content (AvgIpc) is 2.78. The number of imidazole rings is 1. The van der Waals surface area contributed by atoms with Crippen LogP contribution in [0.4, 0.5) is 5.82 Å². The van der Waals surface area contributed by atoms with Gasteiger partial charge in [0.25, 0.3) is 0 Å². The van der Waals surface area contributed by atoms with Crippen molar-refractivity contribution in [2.75, 3.05) is 12.3 Å². The standard InChI is InChI=1S/C15H20N6O3/c1-14(2)22-9-10(23-14)15(3-7(15)4-16)24-13(9)21-6-20-8-11(17)18-5-19-12(8)21/h5-7,9-10,13H,3-4,16H2,1-2H3,(H2,17,18,19)/t7-,9?,10-,13-,15+/m1/s1. The van der Waals surface area contributed by atoms with Crippen molar-refractivity contribution in [3.63, 3.8) is 0 Å². The summed E-state index contributed by atoms with van der Waals surface area (Å²) in [6.07, 6.45) is 3.20. The Morgan fingerprint density at radius 1 is 1.25 bits per heavy atom. The minimum absolute atomic E-state index is 0.150. The lowest BCUT2D eigenvalue weighted by Crippen LogP contribution is -2.34. The highest BCUT2D eigenvalue weighted by atomic mass is 16.8. The van der Waals surface area contributed by atoms with E-state index in [1.54, 1.807) is 6.33 Å². The maximum atomic E-state index is 6.41. The molecule has 2 aromatic rings. The second kappa shape index (κ2) is 4.42. The first-order valence-electron chi connectivity index (χ1n) is 8.12. The lowest BCUT2D eigenvalue weighted by Gasteiger charge is -2.25. The Balaban J connectivity index is 1.59. The van der Waals surface area contributed by atoms with Crippen LogP contribution in [0.2, 0.25) is 0 Å². The van der Waals surface area contributed by atoms with Crippen molar-refractivity contribution >= 4 is 17.0 Å². The van der Waals surface area contributed by atoms with Crippen molar-refractivity contribution in [2.45, 2.75) is 50.1 Å². The second-order valence-electron chi connectivity index (χ2n) is 7.20. The predicted octanol–water partition coefficient (Wildman–Crippen LogP) is 0.175. The fourth-order valence-corrected chi connectivity index (χ4v) is 4.11. The number of ether oxygens (including phenoxy) is 3. The SMILES string of the molecule is CC1(C)OC2[C@H](n3cnc4c(N)ncnc43)O[C@]3(C[C@@H]3CN)[C@@H]2O1. The van der Waals surface area contributed by atoms with Crippen LogP contribution in [0.5, 0.6) is 0 Å². The highest BCUT2D eigenvalue weighted by Crippen LogP contribution is 2.61. The van der Waals surface area contributed by atoms with E-state index in [9.17, 15) is 0 Å². The molecule has 5 rings (SSSR count). The normalized spacial score (nSPS) is 39.6. The van der Waals surface area contributed by atoms with Crippen molar-refractivity contribution in [3.8, 4) is 0 Å². The number of nitrogens with two attached hydrogens (primary N) is 2. The Kier molecular flexibility index (Phi) is 2.68. The summed E-state index contributed by atoms with van der Waals surface area (Å²) in [5, 5.41) is 0. The largest absolute Gasteiger partial charge is 0.382 e. The smallest absolute Gasteiger partial charge is 0.167 e. The van der Waals surface area contributed by atoms with Crippen LogP contribution < -0.4 is 11.5 Å². The summed E-state index contributed by atoms with van der Waals surface area (Å²) in [4.78, 5) is 12.6. The fourth-order valence-electron chi connectivity index (χ4n) is 4.11. The van der Waals surface area contributed by atoms with Gasteiger partial charge in [0.15, 0.2) is 23.5 Å². The molecule has 1 spiro atoms. The van der Waals surface area contributed by atoms with Crippen LogP contribution in [0.25, 0.3) is 11.2 Å². The van der Waals surface area contributed by atoms with E-state index in [-0.39, 0.29) is 30.0 Å². The van der Waals surface area contributed by atoms with E-state index in [1.165, 1.54) is 6.33 Å². The molecule has 1 aliphatic carbocycles. The molecule has 3 aliphatic rings. The van der Waals surface area contributed by atoms with Crippen molar-refractivity contribution in [1.29, 1.82) is 0 Å². The molecular formula is C15H20N6O3. The van der Waals surface area contributed by atoms with Crippen molar-refractivity contribution in [3.05, 3.63) is 12.7 Å². The molecule has 0 bridgehead atoms. The van der Waals surface area contributed by atoms with Gasteiger partial charge in [0.1, 0.15) is 29.7 Å². The zero-order valence-corrected chi connectivity index (χ0v) is 13.5. The van der Waals surface area contributed by atoms with Crippen molar-refractivity contribution in [1.82, 2.24) is 19.5 Å².